The van der Waals surface area contributed by atoms with Crippen LogP contribution in [0, 0.1) is 6.92 Å². The Balaban J connectivity index is 2.86. The lowest BCUT2D eigenvalue weighted by atomic mass is 10.2. The number of benzene rings is 1. The highest BCUT2D eigenvalue weighted by Crippen LogP contribution is 2.27. The van der Waals surface area contributed by atoms with E-state index in [0.717, 1.165) is 10.0 Å². The molecule has 0 aliphatic rings. The molecule has 0 fully saturated rings. The van der Waals surface area contributed by atoms with Crippen LogP contribution in [0.1, 0.15) is 18.9 Å². The molecule has 0 aromatic heterocycles. The standard InChI is InChI=1S/C11H15BrN2O2/c1-3-9(11(13)14-15)16-10-5-4-7(2)6-8(10)12/h4-6,9,15H,3H2,1-2H3,(H2,13,14). The summed E-state index contributed by atoms with van der Waals surface area (Å²) in [5, 5.41) is 11.6. The van der Waals surface area contributed by atoms with Crippen LogP contribution in [0.2, 0.25) is 0 Å². The summed E-state index contributed by atoms with van der Waals surface area (Å²) in [6.07, 6.45) is 0.222. The largest absolute Gasteiger partial charge is 0.481 e. The van der Waals surface area contributed by atoms with E-state index >= 15 is 0 Å². The van der Waals surface area contributed by atoms with Crippen molar-refractivity contribution >= 4 is 21.8 Å². The van der Waals surface area contributed by atoms with Crippen LogP contribution in [0.5, 0.6) is 5.75 Å². The van der Waals surface area contributed by atoms with Crippen LogP contribution in [0.4, 0.5) is 0 Å². The zero-order valence-corrected chi connectivity index (χ0v) is 10.9. The molecule has 0 saturated carbocycles. The number of hydrogen-bond donors (Lipinski definition) is 2. The molecule has 0 bridgehead atoms. The van der Waals surface area contributed by atoms with Gasteiger partial charge in [-0.05, 0) is 47.0 Å². The zero-order valence-electron chi connectivity index (χ0n) is 9.27. The van der Waals surface area contributed by atoms with E-state index in [-0.39, 0.29) is 5.84 Å². The van der Waals surface area contributed by atoms with Gasteiger partial charge in [-0.1, -0.05) is 18.1 Å². The van der Waals surface area contributed by atoms with Gasteiger partial charge in [0.2, 0.25) is 0 Å². The Kier molecular flexibility index (Phi) is 4.61. The molecule has 1 atom stereocenters. The van der Waals surface area contributed by atoms with Crippen LogP contribution in [-0.4, -0.2) is 17.1 Å². The number of halogens is 1. The van der Waals surface area contributed by atoms with Crippen LogP contribution in [0.3, 0.4) is 0 Å². The monoisotopic (exact) mass is 286 g/mol. The van der Waals surface area contributed by atoms with Crippen molar-refractivity contribution in [3.63, 3.8) is 0 Å². The fraction of sp³-hybridized carbons (Fsp3) is 0.364. The summed E-state index contributed by atoms with van der Waals surface area (Å²) in [6, 6.07) is 5.75. The predicted octanol–water partition coefficient (Wildman–Crippen LogP) is 2.66. The van der Waals surface area contributed by atoms with Crippen molar-refractivity contribution in [2.45, 2.75) is 26.4 Å². The van der Waals surface area contributed by atoms with E-state index in [4.69, 9.17) is 15.7 Å². The molecule has 0 spiro atoms. The van der Waals surface area contributed by atoms with Gasteiger partial charge in [0.05, 0.1) is 4.47 Å². The molecule has 88 valence electrons. The van der Waals surface area contributed by atoms with Gasteiger partial charge < -0.3 is 15.7 Å². The van der Waals surface area contributed by atoms with Gasteiger partial charge >= 0.3 is 0 Å². The highest BCUT2D eigenvalue weighted by molar-refractivity contribution is 9.10. The summed E-state index contributed by atoms with van der Waals surface area (Å²) in [7, 11) is 0. The van der Waals surface area contributed by atoms with Crippen molar-refractivity contribution in [1.82, 2.24) is 0 Å². The van der Waals surface area contributed by atoms with Crippen LogP contribution < -0.4 is 10.5 Å². The summed E-state index contributed by atoms with van der Waals surface area (Å²) in [5.41, 5.74) is 6.65. The number of amidine groups is 1. The van der Waals surface area contributed by atoms with Crippen molar-refractivity contribution in [2.75, 3.05) is 0 Å². The van der Waals surface area contributed by atoms with Gasteiger partial charge in [0.25, 0.3) is 0 Å². The van der Waals surface area contributed by atoms with E-state index < -0.39 is 6.10 Å². The summed E-state index contributed by atoms with van der Waals surface area (Å²) in [5.74, 6) is 0.763. The first-order valence-corrected chi connectivity index (χ1v) is 5.78. The molecule has 1 aromatic rings. The molecule has 0 aliphatic carbocycles. The number of nitrogens with two attached hydrogens (primary N) is 1. The molecule has 1 unspecified atom stereocenters. The summed E-state index contributed by atoms with van der Waals surface area (Å²) in [4.78, 5) is 0. The summed E-state index contributed by atoms with van der Waals surface area (Å²) < 4.78 is 6.50. The van der Waals surface area contributed by atoms with Gasteiger partial charge in [-0.2, -0.15) is 0 Å². The van der Waals surface area contributed by atoms with Crippen LogP contribution in [0.15, 0.2) is 27.8 Å². The SMILES string of the molecule is CCC(Oc1ccc(C)cc1Br)C(N)=NO. The molecular formula is C11H15BrN2O2. The second-order valence-corrected chi connectivity index (χ2v) is 4.33. The van der Waals surface area contributed by atoms with Gasteiger partial charge in [-0.25, -0.2) is 0 Å². The minimum atomic E-state index is -0.413. The lowest BCUT2D eigenvalue weighted by Gasteiger charge is -2.17. The number of ether oxygens (including phenoxy) is 1. The third-order valence-corrected chi connectivity index (χ3v) is 2.79. The normalized spacial score (nSPS) is 13.6. The Labute approximate surface area is 103 Å². The lowest BCUT2D eigenvalue weighted by Crippen LogP contribution is -2.33. The third-order valence-electron chi connectivity index (χ3n) is 2.17. The molecular weight excluding hydrogens is 272 g/mol. The number of oxime groups is 1. The highest BCUT2D eigenvalue weighted by Gasteiger charge is 2.14. The van der Waals surface area contributed by atoms with Gasteiger partial charge in [-0.3, -0.25) is 0 Å². The summed E-state index contributed by atoms with van der Waals surface area (Å²) in [6.45, 7) is 3.90. The molecule has 0 amide bonds. The molecule has 3 N–H and O–H groups in total. The Morgan fingerprint density at radius 3 is 2.81 bits per heavy atom. The lowest BCUT2D eigenvalue weighted by molar-refractivity contribution is 0.245. The first kappa shape index (κ1) is 12.8. The van der Waals surface area contributed by atoms with E-state index in [2.05, 4.69) is 21.1 Å². The van der Waals surface area contributed by atoms with Gasteiger partial charge in [0.15, 0.2) is 11.9 Å². The molecule has 1 rings (SSSR count). The average Bonchev–Trinajstić information content (AvgIpc) is 2.27. The number of nitrogens with zero attached hydrogens (tertiary/aromatic N) is 1. The summed E-state index contributed by atoms with van der Waals surface area (Å²) >= 11 is 3.41. The fourth-order valence-corrected chi connectivity index (χ4v) is 1.86. The van der Waals surface area contributed by atoms with Gasteiger partial charge in [-0.15, -0.1) is 0 Å². The highest BCUT2D eigenvalue weighted by atomic mass is 79.9. The predicted molar refractivity (Wildman–Crippen MR) is 67.0 cm³/mol. The topological polar surface area (TPSA) is 67.8 Å². The van der Waals surface area contributed by atoms with Crippen molar-refractivity contribution < 1.29 is 9.94 Å². The van der Waals surface area contributed by atoms with Gasteiger partial charge in [0, 0.05) is 0 Å². The molecule has 0 radical (unpaired) electrons. The van der Waals surface area contributed by atoms with Crippen LogP contribution >= 0.6 is 15.9 Å². The van der Waals surface area contributed by atoms with Crippen molar-refractivity contribution in [3.8, 4) is 5.75 Å². The molecule has 16 heavy (non-hydrogen) atoms. The smallest absolute Gasteiger partial charge is 0.180 e. The number of aryl methyl sites for hydroxylation is 1. The van der Waals surface area contributed by atoms with E-state index in [9.17, 15) is 0 Å². The molecule has 0 heterocycles. The molecule has 0 saturated heterocycles. The van der Waals surface area contributed by atoms with Crippen molar-refractivity contribution in [1.29, 1.82) is 0 Å². The molecule has 0 aliphatic heterocycles. The quantitative estimate of drug-likeness (QED) is 0.387. The average molecular weight is 287 g/mol. The Morgan fingerprint density at radius 1 is 1.62 bits per heavy atom. The fourth-order valence-electron chi connectivity index (χ4n) is 1.27. The van der Waals surface area contributed by atoms with Gasteiger partial charge in [0.1, 0.15) is 5.75 Å². The van der Waals surface area contributed by atoms with E-state index in [0.29, 0.717) is 12.2 Å². The molecule has 4 nitrogen and oxygen atoms in total. The Morgan fingerprint density at radius 2 is 2.31 bits per heavy atom. The Bertz CT molecular complexity index is 394. The second kappa shape index (κ2) is 5.75. The minimum Gasteiger partial charge on any atom is -0.481 e. The maximum Gasteiger partial charge on any atom is 0.180 e. The molecule has 1 aromatic carbocycles. The van der Waals surface area contributed by atoms with E-state index in [1.165, 1.54) is 0 Å². The van der Waals surface area contributed by atoms with Crippen LogP contribution in [0.25, 0.3) is 0 Å². The van der Waals surface area contributed by atoms with E-state index in [1.54, 1.807) is 0 Å². The van der Waals surface area contributed by atoms with Crippen molar-refractivity contribution in [2.24, 2.45) is 10.9 Å². The van der Waals surface area contributed by atoms with Crippen molar-refractivity contribution in [3.05, 3.63) is 28.2 Å². The first-order chi connectivity index (χ1) is 7.58. The second-order valence-electron chi connectivity index (χ2n) is 3.47. The first-order valence-electron chi connectivity index (χ1n) is 4.98. The third kappa shape index (κ3) is 3.13. The zero-order chi connectivity index (χ0) is 12.1. The maximum atomic E-state index is 8.60. The molecule has 5 heteroatoms. The van der Waals surface area contributed by atoms with Crippen LogP contribution in [-0.2, 0) is 0 Å². The van der Waals surface area contributed by atoms with E-state index in [1.807, 2.05) is 32.0 Å². The number of hydrogen-bond acceptors (Lipinski definition) is 3. The maximum absolute atomic E-state index is 8.60. The Hall–Kier alpha value is -1.23. The minimum absolute atomic E-state index is 0.0787. The number of rotatable bonds is 4.